The van der Waals surface area contributed by atoms with Crippen LogP contribution < -0.4 is 18.5 Å². The highest BCUT2D eigenvalue weighted by Gasteiger charge is 2.35. The maximum Gasteiger partial charge on any atom is 0.268 e. The number of nitrogens with zero attached hydrogens (tertiary/aromatic N) is 5. The highest BCUT2D eigenvalue weighted by molar-refractivity contribution is 7.92. The Bertz CT molecular complexity index is 1630. The minimum atomic E-state index is -4.67. The van der Waals surface area contributed by atoms with Crippen molar-refractivity contribution in [1.82, 2.24) is 19.7 Å². The number of rotatable bonds is 10. The van der Waals surface area contributed by atoms with Gasteiger partial charge < -0.3 is 14.2 Å². The molecule has 41 heavy (non-hydrogen) atoms. The van der Waals surface area contributed by atoms with Gasteiger partial charge in [-0.15, -0.1) is 0 Å². The minimum absolute atomic E-state index is 0.0389. The van der Waals surface area contributed by atoms with Gasteiger partial charge in [-0.3, -0.25) is 4.68 Å². The smallest absolute Gasteiger partial charge is 0.268 e. The first-order chi connectivity index (χ1) is 19.7. The molecule has 10 nitrogen and oxygen atoms in total. The Balaban J connectivity index is 1.49. The van der Waals surface area contributed by atoms with Gasteiger partial charge in [-0.2, -0.15) is 9.49 Å². The first kappa shape index (κ1) is 28.3. The Kier molecular flexibility index (Phi) is 8.06. The molecule has 1 saturated carbocycles. The molecule has 0 saturated heterocycles. The molecule has 216 valence electrons. The lowest BCUT2D eigenvalue weighted by Gasteiger charge is -2.25. The molecule has 4 aromatic rings. The molecule has 5 rings (SSSR count). The molecule has 1 fully saturated rings. The van der Waals surface area contributed by atoms with E-state index < -0.39 is 32.7 Å². The number of anilines is 1. The zero-order valence-corrected chi connectivity index (χ0v) is 23.5. The van der Waals surface area contributed by atoms with Crippen molar-refractivity contribution in [1.29, 1.82) is 0 Å². The van der Waals surface area contributed by atoms with E-state index >= 15 is 8.78 Å². The third-order valence-corrected chi connectivity index (χ3v) is 8.95. The molecule has 0 aliphatic heterocycles. The van der Waals surface area contributed by atoms with Crippen LogP contribution in [0.4, 0.5) is 14.6 Å². The van der Waals surface area contributed by atoms with Crippen molar-refractivity contribution in [2.75, 3.05) is 18.5 Å². The Hall–Kier alpha value is -4.26. The first-order valence-corrected chi connectivity index (χ1v) is 14.3. The quantitative estimate of drug-likeness (QED) is 0.265. The Morgan fingerprint density at radius 1 is 1.00 bits per heavy atom. The number of hydrogen-bond donors (Lipinski definition) is 0. The predicted octanol–water partition coefficient (Wildman–Crippen LogP) is 4.62. The Labute approximate surface area is 236 Å². The highest BCUT2D eigenvalue weighted by atomic mass is 32.2. The van der Waals surface area contributed by atoms with E-state index in [1.165, 1.54) is 26.5 Å². The lowest BCUT2D eigenvalue weighted by Crippen LogP contribution is -2.32. The largest absolute Gasteiger partial charge is 0.497 e. The molecule has 2 heterocycles. The van der Waals surface area contributed by atoms with Gasteiger partial charge in [0.05, 0.1) is 20.8 Å². The maximum absolute atomic E-state index is 15.6. The number of aryl methyl sites for hydroxylation is 1. The Morgan fingerprint density at radius 3 is 2.51 bits per heavy atom. The number of methoxy groups -OCH3 is 2. The molecule has 2 aromatic heterocycles. The van der Waals surface area contributed by atoms with Crippen LogP contribution >= 0.6 is 0 Å². The summed E-state index contributed by atoms with van der Waals surface area (Å²) in [5.41, 5.74) is 1.38. The van der Waals surface area contributed by atoms with Gasteiger partial charge in [-0.1, -0.05) is 0 Å². The van der Waals surface area contributed by atoms with E-state index in [0.717, 1.165) is 41.3 Å². The fraction of sp³-hybridized carbons (Fsp3) is 0.321. The molecule has 1 aliphatic carbocycles. The summed E-state index contributed by atoms with van der Waals surface area (Å²) in [5, 5.41) is 4.20. The van der Waals surface area contributed by atoms with Gasteiger partial charge in [0.2, 0.25) is 5.82 Å². The average molecular weight is 586 g/mol. The van der Waals surface area contributed by atoms with Crippen LogP contribution in [0.15, 0.2) is 66.1 Å². The summed E-state index contributed by atoms with van der Waals surface area (Å²) in [5.74, 6) is -2.54. The van der Waals surface area contributed by atoms with Crippen LogP contribution in [0.25, 0.3) is 0 Å². The summed E-state index contributed by atoms with van der Waals surface area (Å²) < 4.78 is 77.9. The molecular formula is C28H29F2N5O5S. The van der Waals surface area contributed by atoms with Crippen molar-refractivity contribution in [2.24, 2.45) is 7.05 Å². The van der Waals surface area contributed by atoms with Gasteiger partial charge >= 0.3 is 0 Å². The number of sulfonamides is 1. The van der Waals surface area contributed by atoms with Crippen molar-refractivity contribution >= 4 is 15.8 Å². The molecule has 1 aliphatic rings. The van der Waals surface area contributed by atoms with E-state index in [1.54, 1.807) is 29.1 Å². The van der Waals surface area contributed by atoms with Crippen LogP contribution in [0, 0.1) is 11.6 Å². The third kappa shape index (κ3) is 5.53. The van der Waals surface area contributed by atoms with Gasteiger partial charge in [0.15, 0.2) is 11.6 Å². The monoisotopic (exact) mass is 585 g/mol. The van der Waals surface area contributed by atoms with Crippen molar-refractivity contribution < 1.29 is 31.4 Å². The maximum atomic E-state index is 15.6. The number of aromatic nitrogens is 4. The summed E-state index contributed by atoms with van der Waals surface area (Å²) in [7, 11) is 0.0651. The fourth-order valence-electron chi connectivity index (χ4n) is 5.10. The molecule has 0 bridgehead atoms. The van der Waals surface area contributed by atoms with E-state index in [-0.39, 0.29) is 24.0 Å². The van der Waals surface area contributed by atoms with E-state index in [9.17, 15) is 8.42 Å². The predicted molar refractivity (Wildman–Crippen MR) is 146 cm³/mol. The lowest BCUT2D eigenvalue weighted by molar-refractivity contribution is 0.176. The SMILES string of the molecule is COc1ccc(CN(c2ccncn2)S(=O)(=O)c2ccc(O[C@H]3CCC[C@@H]3c3ccnn3C)c(F)c2F)c(OC)c1. The number of ether oxygens (including phenoxy) is 3. The molecule has 0 amide bonds. The second-order valence-corrected chi connectivity index (χ2v) is 11.4. The second kappa shape index (κ2) is 11.7. The van der Waals surface area contributed by atoms with Crippen LogP contribution in [0.2, 0.25) is 0 Å². The van der Waals surface area contributed by atoms with Crippen LogP contribution in [0.3, 0.4) is 0 Å². The minimum Gasteiger partial charge on any atom is -0.497 e. The van der Waals surface area contributed by atoms with Gasteiger partial charge in [-0.05, 0) is 49.6 Å². The zero-order chi connectivity index (χ0) is 29.1. The van der Waals surface area contributed by atoms with Crippen LogP contribution in [0.5, 0.6) is 17.2 Å². The summed E-state index contributed by atoms with van der Waals surface area (Å²) in [6, 6.07) is 10.2. The molecule has 2 aromatic carbocycles. The van der Waals surface area contributed by atoms with Crippen molar-refractivity contribution in [3.63, 3.8) is 0 Å². The van der Waals surface area contributed by atoms with Crippen LogP contribution in [0.1, 0.15) is 36.4 Å². The standard InChI is InChI=1S/C28H29F2N5O5S/c1-34-21(11-14-33-34)20-5-4-6-22(20)40-23-9-10-25(28(30)27(23)29)41(36,37)35(26-12-13-31-17-32-26)16-18-7-8-19(38-2)15-24(18)39-3/h7-15,17,20,22H,4-6,16H2,1-3H3/t20-,22+/m1/s1. The molecule has 0 spiro atoms. The number of benzene rings is 2. The second-order valence-electron chi connectivity index (χ2n) is 9.52. The molecule has 0 unspecified atom stereocenters. The topological polar surface area (TPSA) is 109 Å². The highest BCUT2D eigenvalue weighted by Crippen LogP contribution is 2.39. The normalized spacial score (nSPS) is 16.9. The third-order valence-electron chi connectivity index (χ3n) is 7.18. The lowest BCUT2D eigenvalue weighted by atomic mass is 10.0. The van der Waals surface area contributed by atoms with Crippen molar-refractivity contribution in [2.45, 2.75) is 42.7 Å². The van der Waals surface area contributed by atoms with E-state index in [1.807, 2.05) is 13.1 Å². The molecule has 2 atom stereocenters. The van der Waals surface area contributed by atoms with Crippen LogP contribution in [-0.2, 0) is 23.6 Å². The van der Waals surface area contributed by atoms with Crippen molar-refractivity contribution in [3.8, 4) is 17.2 Å². The van der Waals surface area contributed by atoms with Gasteiger partial charge in [-0.25, -0.2) is 27.1 Å². The summed E-state index contributed by atoms with van der Waals surface area (Å²) in [6.45, 7) is -0.291. The first-order valence-electron chi connectivity index (χ1n) is 12.9. The van der Waals surface area contributed by atoms with Gasteiger partial charge in [0, 0.05) is 48.7 Å². The fourth-order valence-corrected chi connectivity index (χ4v) is 6.55. The van der Waals surface area contributed by atoms with Gasteiger partial charge in [0.25, 0.3) is 10.0 Å². The number of hydrogen-bond acceptors (Lipinski definition) is 8. The summed E-state index contributed by atoms with van der Waals surface area (Å²) in [4.78, 5) is 7.04. The number of halogens is 2. The molecule has 0 N–H and O–H groups in total. The molecular weight excluding hydrogens is 556 g/mol. The van der Waals surface area contributed by atoms with E-state index in [0.29, 0.717) is 23.5 Å². The molecule has 0 radical (unpaired) electrons. The molecule has 13 heteroatoms. The zero-order valence-electron chi connectivity index (χ0n) is 22.7. The summed E-state index contributed by atoms with van der Waals surface area (Å²) in [6.07, 6.45) is 6.07. The van der Waals surface area contributed by atoms with Gasteiger partial charge in [0.1, 0.15) is 34.6 Å². The average Bonchev–Trinajstić information content (AvgIpc) is 3.62. The van der Waals surface area contributed by atoms with Crippen molar-refractivity contribution in [3.05, 3.63) is 84.1 Å². The Morgan fingerprint density at radius 2 is 1.83 bits per heavy atom. The van der Waals surface area contributed by atoms with E-state index in [4.69, 9.17) is 14.2 Å². The summed E-state index contributed by atoms with van der Waals surface area (Å²) >= 11 is 0. The van der Waals surface area contributed by atoms with E-state index in [2.05, 4.69) is 15.1 Å². The van der Waals surface area contributed by atoms with Crippen LogP contribution in [-0.4, -0.2) is 48.5 Å².